The molecule has 1 aromatic carbocycles. The summed E-state index contributed by atoms with van der Waals surface area (Å²) in [6, 6.07) is 10.6. The van der Waals surface area contributed by atoms with Crippen LogP contribution in [0.3, 0.4) is 0 Å². The summed E-state index contributed by atoms with van der Waals surface area (Å²) in [7, 11) is 0. The number of pyridine rings is 1. The molecule has 1 aliphatic carbocycles. The molecule has 0 unspecified atom stereocenters. The summed E-state index contributed by atoms with van der Waals surface area (Å²) in [5, 5.41) is 9.69. The van der Waals surface area contributed by atoms with E-state index in [2.05, 4.69) is 20.4 Å². The van der Waals surface area contributed by atoms with Crippen LogP contribution in [0.25, 0.3) is 21.1 Å². The van der Waals surface area contributed by atoms with E-state index in [0.29, 0.717) is 48.7 Å². The molecule has 4 amide bonds. The molecule has 4 aromatic heterocycles. The first-order valence-corrected chi connectivity index (χ1v) is 24.1. The number of rotatable bonds is 14. The highest BCUT2D eigenvalue weighted by molar-refractivity contribution is 7.17. The van der Waals surface area contributed by atoms with Gasteiger partial charge in [0.25, 0.3) is 11.8 Å². The van der Waals surface area contributed by atoms with Gasteiger partial charge in [0.05, 0.1) is 22.8 Å². The number of aromatic nitrogens is 3. The lowest BCUT2D eigenvalue weighted by Crippen LogP contribution is -2.60. The Labute approximate surface area is 382 Å². The molecule has 7 heterocycles. The van der Waals surface area contributed by atoms with Gasteiger partial charge in [-0.25, -0.2) is 4.39 Å². The van der Waals surface area contributed by atoms with Crippen molar-refractivity contribution >= 4 is 56.1 Å². The van der Waals surface area contributed by atoms with E-state index < -0.39 is 11.9 Å². The van der Waals surface area contributed by atoms with Crippen LogP contribution in [-0.2, 0) is 27.5 Å². The summed E-state index contributed by atoms with van der Waals surface area (Å²) in [5.41, 5.74) is 1.82. The van der Waals surface area contributed by atoms with Crippen LogP contribution in [0.5, 0.6) is 11.6 Å². The largest absolute Gasteiger partial charge is 0.489 e. The Hall–Kier alpha value is -5.55. The van der Waals surface area contributed by atoms with Crippen molar-refractivity contribution in [2.24, 2.45) is 5.92 Å². The molecule has 5 aromatic rings. The lowest BCUT2D eigenvalue weighted by atomic mass is 9.83. The monoisotopic (exact) mass is 909 g/mol. The number of nitrogens with one attached hydrogen (secondary N) is 1. The summed E-state index contributed by atoms with van der Waals surface area (Å²) in [6.07, 6.45) is 11.7. The second-order valence-corrected chi connectivity index (χ2v) is 18.9. The molecule has 15 nitrogen and oxygen atoms in total. The maximum absolute atomic E-state index is 14.6. The van der Waals surface area contributed by atoms with Gasteiger partial charge in [-0.1, -0.05) is 26.2 Å². The van der Waals surface area contributed by atoms with E-state index in [4.69, 9.17) is 14.0 Å². The number of halogens is 1. The fourth-order valence-corrected chi connectivity index (χ4v) is 11.0. The van der Waals surface area contributed by atoms with Gasteiger partial charge in [0.15, 0.2) is 5.76 Å². The van der Waals surface area contributed by atoms with Crippen LogP contribution in [0.15, 0.2) is 58.6 Å². The minimum Gasteiger partial charge on any atom is -0.489 e. The Kier molecular flexibility index (Phi) is 13.7. The van der Waals surface area contributed by atoms with Gasteiger partial charge in [-0.15, -0.1) is 11.3 Å². The van der Waals surface area contributed by atoms with Gasteiger partial charge in [0, 0.05) is 74.9 Å². The molecule has 3 atom stereocenters. The number of piperazine rings is 1. The van der Waals surface area contributed by atoms with Gasteiger partial charge >= 0.3 is 0 Å². The molecule has 3 aliphatic heterocycles. The molecule has 17 heteroatoms. The zero-order valence-electron chi connectivity index (χ0n) is 37.2. The molecule has 0 spiro atoms. The van der Waals surface area contributed by atoms with Crippen LogP contribution in [0.4, 0.5) is 4.39 Å². The average Bonchev–Trinajstić information content (AvgIpc) is 4.16. The van der Waals surface area contributed by atoms with Crippen molar-refractivity contribution in [3.8, 4) is 11.6 Å². The van der Waals surface area contributed by atoms with Gasteiger partial charge in [-0.2, -0.15) is 0 Å². The van der Waals surface area contributed by atoms with Crippen LogP contribution in [-0.4, -0.2) is 128 Å². The Balaban J connectivity index is 0.802. The minimum absolute atomic E-state index is 0.0728. The van der Waals surface area contributed by atoms with Crippen molar-refractivity contribution in [3.05, 3.63) is 77.7 Å². The fraction of sp³-hybridized carbons (Fsp3) is 0.521. The highest BCUT2D eigenvalue weighted by Gasteiger charge is 2.39. The van der Waals surface area contributed by atoms with Crippen LogP contribution >= 0.6 is 11.3 Å². The van der Waals surface area contributed by atoms with E-state index >= 15 is 0 Å². The molecule has 0 bridgehead atoms. The Morgan fingerprint density at radius 1 is 0.954 bits per heavy atom. The zero-order chi connectivity index (χ0) is 45.0. The molecule has 9 rings (SSSR count). The van der Waals surface area contributed by atoms with E-state index in [1.165, 1.54) is 18.6 Å². The first-order chi connectivity index (χ1) is 31.6. The van der Waals surface area contributed by atoms with Gasteiger partial charge < -0.3 is 38.6 Å². The Bertz CT molecular complexity index is 2490. The standard InChI is InChI=1S/C48H58FN8O7S/c1-3-42(58)51-45(32-8-5-4-6-9-32)48(61)54-21-22-55(31(2)27-54)47(60)40-25-33-24-34(49)11-12-39(33)57(40)29-44(59)56-18-7-10-35(56)30-62-43-26-37(64-52-43)28-53-19-14-36(15-20-53)63-41-13-17-50-38-16-23-65-46(38)41/h3,11-13,16-17,23-26,31-32,35-36,45H,4-10,14-15,18-22,27-30H2,1-2H3,(H,51,58)/t31-,35-,45-/m0/s1. The molecule has 1 N–H and O–H groups in total. The number of piperidine rings is 1. The maximum Gasteiger partial charge on any atom is 0.270 e. The van der Waals surface area contributed by atoms with Gasteiger partial charge in [-0.05, 0) is 98.3 Å². The van der Waals surface area contributed by atoms with Crippen LogP contribution < -0.4 is 14.8 Å². The average molecular weight is 910 g/mol. The highest BCUT2D eigenvalue weighted by Crippen LogP contribution is 2.32. The second-order valence-electron chi connectivity index (χ2n) is 18.0. The van der Waals surface area contributed by atoms with Crippen molar-refractivity contribution in [3.63, 3.8) is 0 Å². The molecule has 345 valence electrons. The Morgan fingerprint density at radius 2 is 1.78 bits per heavy atom. The van der Waals surface area contributed by atoms with Crippen molar-refractivity contribution in [2.75, 3.05) is 45.9 Å². The topological polar surface area (TPSA) is 156 Å². The Morgan fingerprint density at radius 3 is 2.58 bits per heavy atom. The molecule has 65 heavy (non-hydrogen) atoms. The normalized spacial score (nSPS) is 20.7. The number of benzene rings is 1. The minimum atomic E-state index is -0.609. The molecule has 1 saturated carbocycles. The molecule has 4 aliphatic rings. The van der Waals surface area contributed by atoms with E-state index in [0.717, 1.165) is 86.8 Å². The highest BCUT2D eigenvalue weighted by atomic mass is 32.1. The number of carbonyl (C=O) groups is 4. The molecular weight excluding hydrogens is 852 g/mol. The predicted molar refractivity (Wildman–Crippen MR) is 243 cm³/mol. The van der Waals surface area contributed by atoms with Gasteiger partial charge in [-0.3, -0.25) is 29.1 Å². The third-order valence-corrected chi connectivity index (χ3v) is 14.6. The summed E-state index contributed by atoms with van der Waals surface area (Å²) in [6.45, 7) is 7.42. The predicted octanol–water partition coefficient (Wildman–Crippen LogP) is 6.45. The molecule has 1 radical (unpaired) electrons. The lowest BCUT2D eigenvalue weighted by Gasteiger charge is -2.42. The third kappa shape index (κ3) is 10.0. The quantitative estimate of drug-likeness (QED) is 0.131. The number of amides is 4. The van der Waals surface area contributed by atoms with Crippen LogP contribution in [0, 0.1) is 18.2 Å². The van der Waals surface area contributed by atoms with Crippen molar-refractivity contribution < 1.29 is 37.6 Å². The second kappa shape index (κ2) is 19.9. The zero-order valence-corrected chi connectivity index (χ0v) is 38.0. The number of likely N-dealkylation sites (tertiary alicyclic amines) is 2. The van der Waals surface area contributed by atoms with E-state index in [1.54, 1.807) is 55.9 Å². The first-order valence-electron chi connectivity index (χ1n) is 23.2. The summed E-state index contributed by atoms with van der Waals surface area (Å²) in [5.74, 6) is 0.742. The van der Waals surface area contributed by atoms with E-state index in [1.807, 2.05) is 30.5 Å². The molecular formula is C48H58FN8O7S. The number of ether oxygens (including phenoxy) is 2. The maximum atomic E-state index is 14.6. The van der Waals surface area contributed by atoms with Crippen LogP contribution in [0.2, 0.25) is 0 Å². The van der Waals surface area contributed by atoms with Crippen molar-refractivity contribution in [1.82, 2.24) is 39.6 Å². The number of nitrogens with zero attached hydrogens (tertiary/aromatic N) is 7. The number of fused-ring (bicyclic) bond motifs is 2. The molecule has 4 fully saturated rings. The summed E-state index contributed by atoms with van der Waals surface area (Å²) >= 11 is 1.64. The van der Waals surface area contributed by atoms with Gasteiger partial charge in [0.2, 0.25) is 17.7 Å². The number of carbonyl (C=O) groups excluding carboxylic acids is 4. The van der Waals surface area contributed by atoms with E-state index in [-0.39, 0.29) is 73.1 Å². The fourth-order valence-electron chi connectivity index (χ4n) is 10.2. The van der Waals surface area contributed by atoms with Crippen molar-refractivity contribution in [1.29, 1.82) is 0 Å². The number of hydrogen-bond acceptors (Lipinski definition) is 11. The third-order valence-electron chi connectivity index (χ3n) is 13.7. The van der Waals surface area contributed by atoms with Gasteiger partial charge in [0.1, 0.15) is 42.6 Å². The SMILES string of the molecule is C[CH]C(=O)N[C@H](C(=O)N1CCN(C(=O)c2cc3cc(F)ccc3n2CC(=O)N2CCC[C@H]2COc2cc(CN3CCC(Oc4ccnc5ccsc45)CC3)on2)[C@@H](C)C1)C1CCCCC1. The van der Waals surface area contributed by atoms with E-state index in [9.17, 15) is 23.6 Å². The number of thiophene rings is 1. The lowest BCUT2D eigenvalue weighted by molar-refractivity contribution is -0.140. The first kappa shape index (κ1) is 44.6. The molecule has 3 saturated heterocycles. The van der Waals surface area contributed by atoms with Crippen molar-refractivity contribution in [2.45, 2.75) is 109 Å². The summed E-state index contributed by atoms with van der Waals surface area (Å²) in [4.78, 5) is 67.1. The van der Waals surface area contributed by atoms with Crippen LogP contribution in [0.1, 0.15) is 87.9 Å². The smallest absolute Gasteiger partial charge is 0.270 e. The summed E-state index contributed by atoms with van der Waals surface area (Å²) < 4.78 is 35.5. The number of hydrogen-bond donors (Lipinski definition) is 1.